The number of methoxy groups -OCH3 is 1. The Morgan fingerprint density at radius 3 is 2.72 bits per heavy atom. The van der Waals surface area contributed by atoms with E-state index < -0.39 is 0 Å². The van der Waals surface area contributed by atoms with E-state index in [2.05, 4.69) is 36.0 Å². The lowest BCUT2D eigenvalue weighted by Gasteiger charge is -2.39. The van der Waals surface area contributed by atoms with Crippen LogP contribution in [0.15, 0.2) is 24.3 Å². The maximum Gasteiger partial charge on any atom is 0.118 e. The molecule has 3 unspecified atom stereocenters. The number of morpholine rings is 1. The van der Waals surface area contributed by atoms with Gasteiger partial charge in [-0.3, -0.25) is 4.90 Å². The molecule has 0 amide bonds. The Kier molecular flexibility index (Phi) is 6.70. The Bertz CT molecular complexity index is 520. The molecule has 5 nitrogen and oxygen atoms in total. The summed E-state index contributed by atoms with van der Waals surface area (Å²) in [6.45, 7) is 5.43. The molecule has 2 fully saturated rings. The van der Waals surface area contributed by atoms with Gasteiger partial charge in [0.15, 0.2) is 0 Å². The third kappa shape index (κ3) is 4.94. The number of rotatable bonds is 8. The van der Waals surface area contributed by atoms with Crippen molar-refractivity contribution in [2.75, 3.05) is 54.1 Å². The van der Waals surface area contributed by atoms with E-state index in [0.717, 1.165) is 45.2 Å². The lowest BCUT2D eigenvalue weighted by atomic mass is 10.0. The second-order valence-corrected chi connectivity index (χ2v) is 7.44. The van der Waals surface area contributed by atoms with Crippen LogP contribution in [-0.4, -0.2) is 76.1 Å². The van der Waals surface area contributed by atoms with E-state index in [1.807, 2.05) is 12.1 Å². The fourth-order valence-corrected chi connectivity index (χ4v) is 3.96. The van der Waals surface area contributed by atoms with Crippen LogP contribution in [0.25, 0.3) is 0 Å². The van der Waals surface area contributed by atoms with E-state index in [0.29, 0.717) is 18.1 Å². The zero-order valence-electron chi connectivity index (χ0n) is 15.8. The minimum absolute atomic E-state index is 0.325. The van der Waals surface area contributed by atoms with Crippen molar-refractivity contribution in [1.29, 1.82) is 0 Å². The predicted octanol–water partition coefficient (Wildman–Crippen LogP) is 2.25. The summed E-state index contributed by atoms with van der Waals surface area (Å²) < 4.78 is 17.3. The fourth-order valence-electron chi connectivity index (χ4n) is 3.96. The molecular formula is C20H32N2O3. The van der Waals surface area contributed by atoms with E-state index in [4.69, 9.17) is 14.2 Å². The van der Waals surface area contributed by atoms with Gasteiger partial charge in [-0.15, -0.1) is 0 Å². The van der Waals surface area contributed by atoms with Gasteiger partial charge < -0.3 is 19.1 Å². The maximum atomic E-state index is 6.15. The van der Waals surface area contributed by atoms with E-state index in [1.54, 1.807) is 7.11 Å². The molecule has 1 saturated heterocycles. The van der Waals surface area contributed by atoms with Crippen molar-refractivity contribution in [3.05, 3.63) is 29.8 Å². The fraction of sp³-hybridized carbons (Fsp3) is 0.700. The quantitative estimate of drug-likeness (QED) is 0.673. The van der Waals surface area contributed by atoms with Crippen LogP contribution in [0, 0.1) is 5.92 Å². The van der Waals surface area contributed by atoms with Gasteiger partial charge in [-0.2, -0.15) is 0 Å². The average molecular weight is 348 g/mol. The summed E-state index contributed by atoms with van der Waals surface area (Å²) in [5.74, 6) is 1.45. The Hall–Kier alpha value is -1.14. The number of benzene rings is 1. The molecule has 1 aromatic rings. The second-order valence-electron chi connectivity index (χ2n) is 7.44. The molecule has 140 valence electrons. The van der Waals surface area contributed by atoms with Gasteiger partial charge in [0.05, 0.1) is 33.0 Å². The predicted molar refractivity (Wildman–Crippen MR) is 99.0 cm³/mol. The minimum atomic E-state index is 0.325. The Morgan fingerprint density at radius 2 is 2.00 bits per heavy atom. The molecule has 0 N–H and O–H groups in total. The first-order valence-corrected chi connectivity index (χ1v) is 9.38. The van der Waals surface area contributed by atoms with Crippen molar-refractivity contribution in [2.45, 2.75) is 31.5 Å². The minimum Gasteiger partial charge on any atom is -0.497 e. The van der Waals surface area contributed by atoms with Crippen molar-refractivity contribution in [2.24, 2.45) is 5.92 Å². The van der Waals surface area contributed by atoms with Gasteiger partial charge in [-0.25, -0.2) is 0 Å². The molecule has 3 rings (SSSR count). The van der Waals surface area contributed by atoms with Crippen LogP contribution in [0.2, 0.25) is 0 Å². The van der Waals surface area contributed by atoms with E-state index in [1.165, 1.54) is 18.4 Å². The lowest BCUT2D eigenvalue weighted by Crippen LogP contribution is -2.50. The monoisotopic (exact) mass is 348 g/mol. The lowest BCUT2D eigenvalue weighted by molar-refractivity contribution is -0.0883. The van der Waals surface area contributed by atoms with Crippen molar-refractivity contribution in [3.8, 4) is 5.75 Å². The number of likely N-dealkylation sites (N-methyl/N-ethyl adjacent to an activating group) is 1. The maximum absolute atomic E-state index is 6.15. The van der Waals surface area contributed by atoms with E-state index in [-0.39, 0.29) is 0 Å². The topological polar surface area (TPSA) is 34.2 Å². The Balaban J connectivity index is 1.52. The summed E-state index contributed by atoms with van der Waals surface area (Å²) >= 11 is 0. The summed E-state index contributed by atoms with van der Waals surface area (Å²) in [7, 11) is 5.87. The van der Waals surface area contributed by atoms with Crippen LogP contribution in [0.3, 0.4) is 0 Å². The molecule has 3 atom stereocenters. The summed E-state index contributed by atoms with van der Waals surface area (Å²) in [5, 5.41) is 0. The van der Waals surface area contributed by atoms with Crippen molar-refractivity contribution in [3.63, 3.8) is 0 Å². The smallest absolute Gasteiger partial charge is 0.118 e. The number of hydrogen-bond acceptors (Lipinski definition) is 5. The van der Waals surface area contributed by atoms with Crippen LogP contribution in [-0.2, 0) is 16.0 Å². The first-order valence-electron chi connectivity index (χ1n) is 9.38. The van der Waals surface area contributed by atoms with E-state index >= 15 is 0 Å². The summed E-state index contributed by atoms with van der Waals surface area (Å²) in [6, 6.07) is 8.95. The van der Waals surface area contributed by atoms with Gasteiger partial charge in [0.1, 0.15) is 5.75 Å². The van der Waals surface area contributed by atoms with Crippen LogP contribution >= 0.6 is 0 Å². The summed E-state index contributed by atoms with van der Waals surface area (Å²) in [5.41, 5.74) is 1.34. The van der Waals surface area contributed by atoms with E-state index in [9.17, 15) is 0 Å². The Morgan fingerprint density at radius 1 is 1.20 bits per heavy atom. The van der Waals surface area contributed by atoms with Gasteiger partial charge in [0, 0.05) is 31.6 Å². The highest BCUT2D eigenvalue weighted by molar-refractivity contribution is 5.27. The molecule has 1 heterocycles. The van der Waals surface area contributed by atoms with Crippen molar-refractivity contribution < 1.29 is 14.2 Å². The molecule has 1 aromatic carbocycles. The molecule has 1 aliphatic carbocycles. The molecule has 1 saturated carbocycles. The molecule has 25 heavy (non-hydrogen) atoms. The van der Waals surface area contributed by atoms with Crippen LogP contribution in [0.4, 0.5) is 0 Å². The number of hydrogen-bond donors (Lipinski definition) is 0. The zero-order valence-corrected chi connectivity index (χ0v) is 15.8. The highest BCUT2D eigenvalue weighted by Crippen LogP contribution is 2.35. The van der Waals surface area contributed by atoms with Gasteiger partial charge in [-0.1, -0.05) is 12.1 Å². The van der Waals surface area contributed by atoms with Crippen LogP contribution in [0.1, 0.15) is 18.4 Å². The normalized spacial score (nSPS) is 26.8. The highest BCUT2D eigenvalue weighted by atomic mass is 16.5. The van der Waals surface area contributed by atoms with Crippen LogP contribution in [0.5, 0.6) is 5.75 Å². The molecular weight excluding hydrogens is 316 g/mol. The molecule has 1 aliphatic heterocycles. The Labute approximate surface area is 151 Å². The van der Waals surface area contributed by atoms with Gasteiger partial charge in [-0.05, 0) is 44.6 Å². The second kappa shape index (κ2) is 8.99. The van der Waals surface area contributed by atoms with Gasteiger partial charge >= 0.3 is 0 Å². The molecule has 0 spiro atoms. The van der Waals surface area contributed by atoms with Crippen LogP contribution < -0.4 is 4.74 Å². The standard InChI is InChI=1S/C20H32N2O3/c1-21(2)10-12-24-15-17-6-9-19-20(17)25-13-11-22(19)14-16-4-7-18(23-3)8-5-16/h4-5,7-8,17,19-20H,6,9-15H2,1-3H3. The van der Waals surface area contributed by atoms with Crippen molar-refractivity contribution >= 4 is 0 Å². The van der Waals surface area contributed by atoms with Gasteiger partial charge in [0.25, 0.3) is 0 Å². The molecule has 0 radical (unpaired) electrons. The first-order chi connectivity index (χ1) is 12.2. The average Bonchev–Trinajstić information content (AvgIpc) is 3.03. The third-order valence-electron chi connectivity index (χ3n) is 5.39. The first kappa shape index (κ1) is 18.6. The molecule has 5 heteroatoms. The SMILES string of the molecule is COc1ccc(CN2CCOC3C(COCCN(C)C)CCC32)cc1. The highest BCUT2D eigenvalue weighted by Gasteiger charge is 2.42. The summed E-state index contributed by atoms with van der Waals surface area (Å²) in [6.07, 6.45) is 2.74. The molecule has 0 bridgehead atoms. The van der Waals surface area contributed by atoms with Crippen molar-refractivity contribution in [1.82, 2.24) is 9.80 Å². The van der Waals surface area contributed by atoms with Gasteiger partial charge in [0.2, 0.25) is 0 Å². The number of fused-ring (bicyclic) bond motifs is 1. The molecule has 2 aliphatic rings. The number of nitrogens with zero attached hydrogens (tertiary/aromatic N) is 2. The zero-order chi connectivity index (χ0) is 17.6. The largest absolute Gasteiger partial charge is 0.497 e. The summed E-state index contributed by atoms with van der Waals surface area (Å²) in [4.78, 5) is 4.75. The number of ether oxygens (including phenoxy) is 3. The molecule has 0 aromatic heterocycles. The third-order valence-corrected chi connectivity index (χ3v) is 5.39.